The summed E-state index contributed by atoms with van der Waals surface area (Å²) >= 11 is 1.10. The van der Waals surface area contributed by atoms with Gasteiger partial charge in [-0.25, -0.2) is 4.39 Å². The summed E-state index contributed by atoms with van der Waals surface area (Å²) in [6.45, 7) is 0.598. The van der Waals surface area contributed by atoms with E-state index in [0.717, 1.165) is 16.7 Å². The van der Waals surface area contributed by atoms with Crippen LogP contribution in [0.2, 0.25) is 0 Å². The molecule has 0 radical (unpaired) electrons. The quantitative estimate of drug-likeness (QED) is 0.316. The van der Waals surface area contributed by atoms with E-state index in [4.69, 9.17) is 9.15 Å². The number of anilines is 2. The molecule has 1 aliphatic rings. The van der Waals surface area contributed by atoms with Crippen molar-refractivity contribution >= 4 is 40.9 Å². The average molecular weight is 496 g/mol. The fourth-order valence-electron chi connectivity index (χ4n) is 3.36. The smallest absolute Gasteiger partial charge is 0.291 e. The van der Waals surface area contributed by atoms with Gasteiger partial charge in [-0.3, -0.25) is 19.3 Å². The minimum Gasteiger partial charge on any atom is -0.459 e. The highest BCUT2D eigenvalue weighted by molar-refractivity contribution is 8.04. The van der Waals surface area contributed by atoms with Gasteiger partial charge in [0.15, 0.2) is 5.76 Å². The molecule has 0 spiro atoms. The lowest BCUT2D eigenvalue weighted by molar-refractivity contribution is -0.137. The van der Waals surface area contributed by atoms with Gasteiger partial charge in [0.2, 0.25) is 0 Å². The van der Waals surface area contributed by atoms with E-state index < -0.39 is 23.5 Å². The number of benzene rings is 2. The number of nitrogens with one attached hydrogen (secondary N) is 2. The molecule has 3 aromatic rings. The Bertz CT molecular complexity index is 1260. The highest BCUT2D eigenvalue weighted by Gasteiger charge is 2.38. The fourth-order valence-corrected chi connectivity index (χ4v) is 4.37. The summed E-state index contributed by atoms with van der Waals surface area (Å²) in [5.41, 5.74) is 1.08. The standard InChI is InChI=1S/C25H22FN3O5S/c1-33-13-4-12-29-24(31)21(27-17-10-8-16(26)9-11-17)22(25(29)32)35-19-6-2-5-18(15-19)28-23(30)20-7-3-14-34-20/h2-3,5-11,14-15,27H,4,12-13H2,1H3,(H,28,30). The lowest BCUT2D eigenvalue weighted by Gasteiger charge is -2.14. The number of nitrogens with zero attached hydrogens (tertiary/aromatic N) is 1. The van der Waals surface area contributed by atoms with Gasteiger partial charge in [-0.05, 0) is 61.0 Å². The number of hydrogen-bond donors (Lipinski definition) is 2. The third-order valence-electron chi connectivity index (χ3n) is 5.03. The lowest BCUT2D eigenvalue weighted by Crippen LogP contribution is -2.33. The van der Waals surface area contributed by atoms with E-state index in [1.165, 1.54) is 30.5 Å². The topological polar surface area (TPSA) is 101 Å². The van der Waals surface area contributed by atoms with Crippen molar-refractivity contribution in [2.24, 2.45) is 0 Å². The summed E-state index contributed by atoms with van der Waals surface area (Å²) in [7, 11) is 1.55. The van der Waals surface area contributed by atoms with Crippen LogP contribution in [-0.4, -0.2) is 42.9 Å². The summed E-state index contributed by atoms with van der Waals surface area (Å²) in [5.74, 6) is -1.57. The van der Waals surface area contributed by atoms with Gasteiger partial charge in [-0.15, -0.1) is 0 Å². The van der Waals surface area contributed by atoms with Gasteiger partial charge < -0.3 is 19.8 Å². The predicted molar refractivity (Wildman–Crippen MR) is 129 cm³/mol. The first-order valence-electron chi connectivity index (χ1n) is 10.7. The molecule has 0 unspecified atom stereocenters. The summed E-state index contributed by atoms with van der Waals surface area (Å²) in [4.78, 5) is 40.6. The molecule has 3 amide bonds. The Kier molecular flexibility index (Phi) is 7.64. The van der Waals surface area contributed by atoms with Crippen molar-refractivity contribution in [1.82, 2.24) is 4.90 Å². The zero-order valence-corrected chi connectivity index (χ0v) is 19.6. The Hall–Kier alpha value is -3.89. The zero-order chi connectivity index (χ0) is 24.8. The molecule has 10 heteroatoms. The third-order valence-corrected chi connectivity index (χ3v) is 6.10. The van der Waals surface area contributed by atoms with Crippen LogP contribution in [0.5, 0.6) is 0 Å². The van der Waals surface area contributed by atoms with Crippen LogP contribution in [0.3, 0.4) is 0 Å². The van der Waals surface area contributed by atoms with Crippen molar-refractivity contribution < 1.29 is 27.9 Å². The molecule has 0 bridgehead atoms. The largest absolute Gasteiger partial charge is 0.459 e. The highest BCUT2D eigenvalue weighted by Crippen LogP contribution is 2.36. The van der Waals surface area contributed by atoms with Crippen LogP contribution in [0.4, 0.5) is 15.8 Å². The Labute approximate surface area is 205 Å². The van der Waals surface area contributed by atoms with Crippen molar-refractivity contribution in [3.8, 4) is 0 Å². The van der Waals surface area contributed by atoms with Gasteiger partial charge in [0.1, 0.15) is 16.4 Å². The summed E-state index contributed by atoms with van der Waals surface area (Å²) in [5, 5.41) is 5.71. The van der Waals surface area contributed by atoms with Gasteiger partial charge in [0, 0.05) is 36.5 Å². The average Bonchev–Trinajstić information content (AvgIpc) is 3.46. The van der Waals surface area contributed by atoms with Crippen LogP contribution in [0.25, 0.3) is 0 Å². The summed E-state index contributed by atoms with van der Waals surface area (Å²) < 4.78 is 23.5. The monoisotopic (exact) mass is 495 g/mol. The second-order valence-electron chi connectivity index (χ2n) is 7.51. The molecule has 35 heavy (non-hydrogen) atoms. The van der Waals surface area contributed by atoms with Gasteiger partial charge in [-0.1, -0.05) is 17.8 Å². The number of thioether (sulfide) groups is 1. The van der Waals surface area contributed by atoms with Crippen molar-refractivity contribution in [3.63, 3.8) is 0 Å². The SMILES string of the molecule is COCCCN1C(=O)C(Nc2ccc(F)cc2)=C(Sc2cccc(NC(=O)c3ccco3)c2)C1=O. The number of carbonyl (C=O) groups is 3. The van der Waals surface area contributed by atoms with E-state index in [-0.39, 0.29) is 22.9 Å². The van der Waals surface area contributed by atoms with E-state index in [1.54, 1.807) is 43.5 Å². The molecule has 0 fully saturated rings. The van der Waals surface area contributed by atoms with Crippen molar-refractivity contribution in [2.75, 3.05) is 30.9 Å². The number of rotatable bonds is 10. The van der Waals surface area contributed by atoms with E-state index in [9.17, 15) is 18.8 Å². The summed E-state index contributed by atoms with van der Waals surface area (Å²) in [6, 6.07) is 15.6. The molecule has 2 aromatic carbocycles. The van der Waals surface area contributed by atoms with Crippen LogP contribution in [0.1, 0.15) is 17.0 Å². The Morgan fingerprint density at radius 3 is 2.57 bits per heavy atom. The third kappa shape index (κ3) is 5.79. The number of imide groups is 1. The molecule has 180 valence electrons. The molecular formula is C25H22FN3O5S. The Morgan fingerprint density at radius 2 is 1.86 bits per heavy atom. The molecule has 0 aliphatic carbocycles. The van der Waals surface area contributed by atoms with Gasteiger partial charge in [-0.2, -0.15) is 0 Å². The van der Waals surface area contributed by atoms with Crippen molar-refractivity contribution in [3.05, 3.63) is 89.1 Å². The second-order valence-corrected chi connectivity index (χ2v) is 8.59. The number of halogens is 1. The van der Waals surface area contributed by atoms with Crippen LogP contribution in [-0.2, 0) is 14.3 Å². The number of methoxy groups -OCH3 is 1. The number of carbonyl (C=O) groups excluding carboxylic acids is 3. The van der Waals surface area contributed by atoms with Gasteiger partial charge in [0.05, 0.1) is 6.26 Å². The first kappa shape index (κ1) is 24.2. The first-order valence-corrected chi connectivity index (χ1v) is 11.5. The number of furan rings is 1. The van der Waals surface area contributed by atoms with Crippen molar-refractivity contribution in [2.45, 2.75) is 11.3 Å². The minimum absolute atomic E-state index is 0.106. The molecule has 0 saturated carbocycles. The van der Waals surface area contributed by atoms with Gasteiger partial charge in [0.25, 0.3) is 17.7 Å². The fraction of sp³-hybridized carbons (Fsp3) is 0.160. The molecule has 1 aliphatic heterocycles. The van der Waals surface area contributed by atoms with Crippen LogP contribution in [0.15, 0.2) is 86.8 Å². The zero-order valence-electron chi connectivity index (χ0n) is 18.7. The molecular weight excluding hydrogens is 473 g/mol. The Morgan fingerprint density at radius 1 is 1.06 bits per heavy atom. The lowest BCUT2D eigenvalue weighted by atomic mass is 10.3. The van der Waals surface area contributed by atoms with E-state index in [2.05, 4.69) is 10.6 Å². The van der Waals surface area contributed by atoms with Crippen molar-refractivity contribution in [1.29, 1.82) is 0 Å². The van der Waals surface area contributed by atoms with E-state index in [1.807, 2.05) is 0 Å². The number of hydrogen-bond acceptors (Lipinski definition) is 7. The van der Waals surface area contributed by atoms with Crippen LogP contribution >= 0.6 is 11.8 Å². The van der Waals surface area contributed by atoms with Crippen LogP contribution < -0.4 is 10.6 Å². The van der Waals surface area contributed by atoms with E-state index >= 15 is 0 Å². The molecule has 1 aromatic heterocycles. The minimum atomic E-state index is -0.472. The maximum Gasteiger partial charge on any atom is 0.291 e. The maximum atomic E-state index is 13.3. The molecule has 0 saturated heterocycles. The van der Waals surface area contributed by atoms with Gasteiger partial charge >= 0.3 is 0 Å². The summed E-state index contributed by atoms with van der Waals surface area (Å²) in [6.07, 6.45) is 1.90. The molecule has 2 heterocycles. The normalized spacial score (nSPS) is 13.5. The van der Waals surface area contributed by atoms with E-state index in [0.29, 0.717) is 29.3 Å². The molecule has 0 atom stereocenters. The highest BCUT2D eigenvalue weighted by atomic mass is 32.2. The number of amides is 3. The number of ether oxygens (including phenoxy) is 1. The molecule has 4 rings (SSSR count). The predicted octanol–water partition coefficient (Wildman–Crippen LogP) is 4.49. The maximum absolute atomic E-state index is 13.3. The Balaban J connectivity index is 1.58. The second kappa shape index (κ2) is 11.0. The first-order chi connectivity index (χ1) is 17.0. The molecule has 8 nitrogen and oxygen atoms in total. The van der Waals surface area contributed by atoms with Crippen LogP contribution in [0, 0.1) is 5.82 Å². The molecule has 2 N–H and O–H groups in total.